The first-order valence-corrected chi connectivity index (χ1v) is 16.1. The zero-order valence-electron chi connectivity index (χ0n) is 27.0. The van der Waals surface area contributed by atoms with Crippen LogP contribution in [0.5, 0.6) is 23.0 Å². The number of ether oxygens (including phenoxy) is 7. The summed E-state index contributed by atoms with van der Waals surface area (Å²) in [4.78, 5) is 25.5. The minimum absolute atomic E-state index is 0.0791. The van der Waals surface area contributed by atoms with Gasteiger partial charge in [-0.25, -0.2) is 9.59 Å². The third kappa shape index (κ3) is 8.66. The van der Waals surface area contributed by atoms with E-state index >= 15 is 0 Å². The lowest BCUT2D eigenvalue weighted by Gasteiger charge is -2.40. The van der Waals surface area contributed by atoms with Crippen molar-refractivity contribution in [2.24, 2.45) is 10.8 Å². The highest BCUT2D eigenvalue weighted by Gasteiger charge is 2.38. The molecule has 46 heavy (non-hydrogen) atoms. The molecule has 5 rings (SSSR count). The Morgan fingerprint density at radius 1 is 0.652 bits per heavy atom. The van der Waals surface area contributed by atoms with Gasteiger partial charge in [-0.1, -0.05) is 13.8 Å². The smallest absolute Gasteiger partial charge is 0.343 e. The summed E-state index contributed by atoms with van der Waals surface area (Å²) in [7, 11) is 0. The van der Waals surface area contributed by atoms with Gasteiger partial charge in [0.1, 0.15) is 23.0 Å². The van der Waals surface area contributed by atoms with Crippen LogP contribution in [0.1, 0.15) is 65.8 Å². The molecule has 2 saturated heterocycles. The summed E-state index contributed by atoms with van der Waals surface area (Å²) < 4.78 is 39.4. The Morgan fingerprint density at radius 3 is 1.72 bits per heavy atom. The minimum atomic E-state index is -0.492. The van der Waals surface area contributed by atoms with Crippen LogP contribution in [0.3, 0.4) is 0 Å². The number of carbonyl (C=O) groups is 2. The average Bonchev–Trinajstić information content (AvgIpc) is 3.03. The van der Waals surface area contributed by atoms with Crippen LogP contribution >= 0.6 is 0 Å². The molecule has 0 spiro atoms. The number of aryl methyl sites for hydroxylation is 1. The normalized spacial score (nSPS) is 16.1. The molecular weight excluding hydrogens is 588 g/mol. The van der Waals surface area contributed by atoms with Crippen LogP contribution < -0.4 is 18.9 Å². The molecule has 2 fully saturated rings. The fourth-order valence-electron chi connectivity index (χ4n) is 5.08. The Morgan fingerprint density at radius 2 is 1.17 bits per heavy atom. The highest BCUT2D eigenvalue weighted by atomic mass is 16.5. The van der Waals surface area contributed by atoms with Gasteiger partial charge in [0.2, 0.25) is 0 Å². The maximum atomic E-state index is 12.8. The number of esters is 2. The molecule has 0 bridgehead atoms. The summed E-state index contributed by atoms with van der Waals surface area (Å²) in [5.74, 6) is 1.13. The van der Waals surface area contributed by atoms with E-state index in [1.165, 1.54) is 0 Å². The van der Waals surface area contributed by atoms with Crippen LogP contribution in [-0.4, -0.2) is 64.8 Å². The zero-order valence-corrected chi connectivity index (χ0v) is 27.0. The lowest BCUT2D eigenvalue weighted by Crippen LogP contribution is -2.46. The van der Waals surface area contributed by atoms with Crippen molar-refractivity contribution in [3.63, 3.8) is 0 Å². The fourth-order valence-corrected chi connectivity index (χ4v) is 5.08. The second-order valence-electron chi connectivity index (χ2n) is 12.3. The van der Waals surface area contributed by atoms with Crippen molar-refractivity contribution in [2.45, 2.75) is 46.5 Å². The average molecular weight is 633 g/mol. The predicted octanol–water partition coefficient (Wildman–Crippen LogP) is 6.84. The Kier molecular flexibility index (Phi) is 11.3. The van der Waals surface area contributed by atoms with Crippen LogP contribution in [-0.2, 0) is 14.2 Å². The van der Waals surface area contributed by atoms with E-state index in [1.54, 1.807) is 73.7 Å². The Balaban J connectivity index is 1.02. The first kappa shape index (κ1) is 33.4. The lowest BCUT2D eigenvalue weighted by atomic mass is 9.84. The molecule has 9 heteroatoms. The van der Waals surface area contributed by atoms with E-state index in [0.717, 1.165) is 45.5 Å². The molecule has 9 nitrogen and oxygen atoms in total. The third-order valence-electron chi connectivity index (χ3n) is 8.78. The number of unbranched alkanes of at least 4 members (excludes halogenated alkanes) is 1. The van der Waals surface area contributed by atoms with Gasteiger partial charge in [-0.15, -0.1) is 0 Å². The summed E-state index contributed by atoms with van der Waals surface area (Å²) in [6, 6.07) is 18.6. The van der Waals surface area contributed by atoms with Crippen molar-refractivity contribution in [1.82, 2.24) is 0 Å². The van der Waals surface area contributed by atoms with Crippen LogP contribution in [0.4, 0.5) is 0 Å². The Labute approximate surface area is 271 Å². The molecule has 0 aliphatic carbocycles. The first-order valence-electron chi connectivity index (χ1n) is 16.1. The number of rotatable bonds is 17. The monoisotopic (exact) mass is 632 g/mol. The topological polar surface area (TPSA) is 98.8 Å². The van der Waals surface area contributed by atoms with Crippen molar-refractivity contribution < 1.29 is 42.7 Å². The molecule has 0 amide bonds. The van der Waals surface area contributed by atoms with Gasteiger partial charge in [-0.05, 0) is 105 Å². The molecule has 2 aliphatic heterocycles. The molecule has 0 aromatic heterocycles. The van der Waals surface area contributed by atoms with E-state index in [0.29, 0.717) is 72.7 Å². The number of hydrogen-bond donors (Lipinski definition) is 0. The fraction of sp³-hybridized carbons (Fsp3) is 0.459. The number of carbonyl (C=O) groups excluding carboxylic acids is 2. The van der Waals surface area contributed by atoms with Crippen molar-refractivity contribution in [3.05, 3.63) is 83.4 Å². The van der Waals surface area contributed by atoms with Gasteiger partial charge in [0, 0.05) is 12.0 Å². The van der Waals surface area contributed by atoms with Gasteiger partial charge in [-0.3, -0.25) is 0 Å². The second-order valence-corrected chi connectivity index (χ2v) is 12.3. The largest absolute Gasteiger partial charge is 0.494 e. The quantitative estimate of drug-likeness (QED) is 0.0900. The van der Waals surface area contributed by atoms with Crippen molar-refractivity contribution in [2.75, 3.05) is 52.9 Å². The minimum Gasteiger partial charge on any atom is -0.494 e. The molecule has 3 aromatic carbocycles. The molecule has 0 N–H and O–H groups in total. The predicted molar refractivity (Wildman–Crippen MR) is 172 cm³/mol. The molecule has 0 atom stereocenters. The van der Waals surface area contributed by atoms with E-state index in [1.807, 2.05) is 0 Å². The SMILES string of the molecule is CCC1(COCCCCOc2ccc(C(=O)Oc3ccc(OC(=O)c4ccc(OCC5(CC)COC5)cc4)cc3C)cc2)COC1. The van der Waals surface area contributed by atoms with Crippen molar-refractivity contribution >= 4 is 11.9 Å². The van der Waals surface area contributed by atoms with Crippen molar-refractivity contribution in [1.29, 1.82) is 0 Å². The molecule has 246 valence electrons. The van der Waals surface area contributed by atoms with E-state index in [-0.39, 0.29) is 10.8 Å². The van der Waals surface area contributed by atoms with E-state index in [4.69, 9.17) is 33.2 Å². The van der Waals surface area contributed by atoms with Crippen LogP contribution in [0, 0.1) is 17.8 Å². The Hall–Kier alpha value is -3.92. The lowest BCUT2D eigenvalue weighted by molar-refractivity contribution is -0.150. The van der Waals surface area contributed by atoms with E-state index in [9.17, 15) is 9.59 Å². The van der Waals surface area contributed by atoms with E-state index in [2.05, 4.69) is 13.8 Å². The summed E-state index contributed by atoms with van der Waals surface area (Å²) in [6.07, 6.45) is 3.86. The zero-order chi connectivity index (χ0) is 32.4. The molecule has 2 heterocycles. The highest BCUT2D eigenvalue weighted by molar-refractivity contribution is 5.92. The van der Waals surface area contributed by atoms with E-state index < -0.39 is 11.9 Å². The maximum absolute atomic E-state index is 12.8. The molecule has 0 saturated carbocycles. The van der Waals surface area contributed by atoms with Crippen LogP contribution in [0.25, 0.3) is 0 Å². The van der Waals surface area contributed by atoms with Crippen LogP contribution in [0.15, 0.2) is 66.7 Å². The van der Waals surface area contributed by atoms with Gasteiger partial charge in [-0.2, -0.15) is 0 Å². The maximum Gasteiger partial charge on any atom is 0.343 e. The first-order chi connectivity index (χ1) is 22.3. The molecular formula is C37H44O9. The van der Waals surface area contributed by atoms with Gasteiger partial charge < -0.3 is 33.2 Å². The molecule has 3 aromatic rings. The summed E-state index contributed by atoms with van der Waals surface area (Å²) in [6.45, 7) is 11.7. The number of benzene rings is 3. The summed E-state index contributed by atoms with van der Waals surface area (Å²) >= 11 is 0. The molecule has 2 aliphatic rings. The second kappa shape index (κ2) is 15.6. The van der Waals surface area contributed by atoms with Gasteiger partial charge in [0.25, 0.3) is 0 Å². The molecule has 0 unspecified atom stereocenters. The van der Waals surface area contributed by atoms with Gasteiger partial charge in [0.15, 0.2) is 0 Å². The molecule has 0 radical (unpaired) electrons. The Bertz CT molecular complexity index is 1430. The van der Waals surface area contributed by atoms with Gasteiger partial charge >= 0.3 is 11.9 Å². The third-order valence-corrected chi connectivity index (χ3v) is 8.78. The van der Waals surface area contributed by atoms with Crippen molar-refractivity contribution in [3.8, 4) is 23.0 Å². The van der Waals surface area contributed by atoms with Crippen LogP contribution in [0.2, 0.25) is 0 Å². The highest BCUT2D eigenvalue weighted by Crippen LogP contribution is 2.33. The summed E-state index contributed by atoms with van der Waals surface area (Å²) in [5.41, 5.74) is 1.75. The van der Waals surface area contributed by atoms with Gasteiger partial charge in [0.05, 0.1) is 62.8 Å². The number of hydrogen-bond acceptors (Lipinski definition) is 9. The summed E-state index contributed by atoms with van der Waals surface area (Å²) in [5, 5.41) is 0. The standard InChI is InChI=1S/C37H44O9/c1-4-36(22-41-23-36)21-40-18-6-7-19-43-30-12-8-29(9-13-30)35(39)46-33-17-16-32(20-27(33)3)45-34(38)28-10-14-31(15-11-28)44-26-37(5-2)24-42-25-37/h8-17,20H,4-7,18-19,21-26H2,1-3H3.